The Hall–Kier alpha value is -2.13. The van der Waals surface area contributed by atoms with Crippen molar-refractivity contribution in [3.63, 3.8) is 0 Å². The molecular weight excluding hydrogens is 450 g/mol. The van der Waals surface area contributed by atoms with Crippen molar-refractivity contribution < 1.29 is 17.9 Å². The van der Waals surface area contributed by atoms with E-state index in [1.165, 1.54) is 12.1 Å². The summed E-state index contributed by atoms with van der Waals surface area (Å²) in [5.74, 6) is 0.186. The molecule has 1 aliphatic rings. The van der Waals surface area contributed by atoms with Crippen LogP contribution in [0.3, 0.4) is 0 Å². The number of amides is 1. The third-order valence-electron chi connectivity index (χ3n) is 5.33. The fourth-order valence-corrected chi connectivity index (χ4v) is 5.08. The van der Waals surface area contributed by atoms with Gasteiger partial charge in [0.15, 0.2) is 0 Å². The Morgan fingerprint density at radius 1 is 1.12 bits per heavy atom. The monoisotopic (exact) mass is 479 g/mol. The number of nitrogens with zero attached hydrogens (tertiary/aromatic N) is 1. The smallest absolute Gasteiger partial charge is 0.261 e. The minimum Gasteiger partial charge on any atom is -0.379 e. The quantitative estimate of drug-likeness (QED) is 0.573. The van der Waals surface area contributed by atoms with Crippen molar-refractivity contribution in [2.45, 2.75) is 31.2 Å². The van der Waals surface area contributed by atoms with Crippen LogP contribution < -0.4 is 10.0 Å². The lowest BCUT2D eigenvalue weighted by Gasteiger charge is -2.35. The Morgan fingerprint density at radius 3 is 2.53 bits per heavy atom. The van der Waals surface area contributed by atoms with Gasteiger partial charge in [-0.05, 0) is 42.7 Å². The highest BCUT2D eigenvalue weighted by Gasteiger charge is 2.23. The summed E-state index contributed by atoms with van der Waals surface area (Å²) in [6.07, 6.45) is 0.955. The van der Waals surface area contributed by atoms with Gasteiger partial charge in [-0.1, -0.05) is 43.6 Å². The highest BCUT2D eigenvalue weighted by atomic mass is 35.5. The summed E-state index contributed by atoms with van der Waals surface area (Å²) >= 11 is 6.07. The van der Waals surface area contributed by atoms with Crippen LogP contribution in [-0.4, -0.2) is 58.1 Å². The van der Waals surface area contributed by atoms with Crippen molar-refractivity contribution in [2.24, 2.45) is 5.92 Å². The zero-order valence-electron chi connectivity index (χ0n) is 18.4. The van der Waals surface area contributed by atoms with Crippen LogP contribution in [0.2, 0.25) is 5.02 Å². The average Bonchev–Trinajstić information content (AvgIpc) is 2.78. The van der Waals surface area contributed by atoms with E-state index in [2.05, 4.69) is 28.8 Å². The molecule has 3 rings (SSSR count). The highest BCUT2D eigenvalue weighted by Crippen LogP contribution is 2.24. The second-order valence-corrected chi connectivity index (χ2v) is 10.3. The predicted molar refractivity (Wildman–Crippen MR) is 127 cm³/mol. The second kappa shape index (κ2) is 11.1. The molecule has 174 valence electrons. The summed E-state index contributed by atoms with van der Waals surface area (Å²) in [6, 6.07) is 12.8. The third kappa shape index (κ3) is 6.68. The lowest BCUT2D eigenvalue weighted by molar-refractivity contribution is 0.0124. The molecule has 7 nitrogen and oxygen atoms in total. The molecule has 2 aromatic carbocycles. The van der Waals surface area contributed by atoms with Gasteiger partial charge in [0.2, 0.25) is 0 Å². The second-order valence-electron chi connectivity index (χ2n) is 8.25. The maximum atomic E-state index is 12.8. The number of benzene rings is 2. The van der Waals surface area contributed by atoms with Gasteiger partial charge in [0.1, 0.15) is 0 Å². The molecule has 0 radical (unpaired) electrons. The largest absolute Gasteiger partial charge is 0.379 e. The summed E-state index contributed by atoms with van der Waals surface area (Å²) in [5, 5.41) is 3.28. The van der Waals surface area contributed by atoms with E-state index >= 15 is 0 Å². The van der Waals surface area contributed by atoms with Crippen LogP contribution in [0.1, 0.15) is 30.6 Å². The molecule has 2 N–H and O–H groups in total. The van der Waals surface area contributed by atoms with Crippen LogP contribution in [0.4, 0.5) is 5.69 Å². The molecule has 0 aromatic heterocycles. The lowest BCUT2D eigenvalue weighted by Crippen LogP contribution is -2.49. The van der Waals surface area contributed by atoms with Crippen LogP contribution in [0.15, 0.2) is 53.4 Å². The highest BCUT2D eigenvalue weighted by molar-refractivity contribution is 7.92. The molecular formula is C23H30ClN3O4S. The first-order chi connectivity index (χ1) is 15.3. The topological polar surface area (TPSA) is 87.7 Å². The van der Waals surface area contributed by atoms with Gasteiger partial charge in [0.25, 0.3) is 15.9 Å². The number of para-hydroxylation sites is 1. The van der Waals surface area contributed by atoms with Crippen molar-refractivity contribution in [1.29, 1.82) is 0 Å². The Balaban J connectivity index is 1.69. The van der Waals surface area contributed by atoms with Crippen molar-refractivity contribution in [1.82, 2.24) is 10.2 Å². The molecule has 1 fully saturated rings. The number of hydrogen-bond donors (Lipinski definition) is 2. The Labute approximate surface area is 195 Å². The Morgan fingerprint density at radius 2 is 1.84 bits per heavy atom. The number of halogens is 1. The number of rotatable bonds is 9. The number of carbonyl (C=O) groups excluding carboxylic acids is 1. The number of morpholine rings is 1. The predicted octanol–water partition coefficient (Wildman–Crippen LogP) is 3.62. The molecule has 0 spiro atoms. The van der Waals surface area contributed by atoms with Crippen molar-refractivity contribution >= 4 is 33.2 Å². The van der Waals surface area contributed by atoms with Crippen LogP contribution >= 0.6 is 11.6 Å². The van der Waals surface area contributed by atoms with Gasteiger partial charge in [-0.3, -0.25) is 14.4 Å². The minimum absolute atomic E-state index is 0.00280. The SMILES string of the molecule is CC(C)C[C@H](CNC(=O)c1cccc(S(=O)(=O)Nc2ccccc2Cl)c1)N1CCOCC1. The number of carbonyl (C=O) groups is 1. The van der Waals surface area contributed by atoms with E-state index in [9.17, 15) is 13.2 Å². The fraction of sp³-hybridized carbons (Fsp3) is 0.435. The summed E-state index contributed by atoms with van der Waals surface area (Å²) in [4.78, 5) is 15.2. The maximum Gasteiger partial charge on any atom is 0.261 e. The molecule has 1 saturated heterocycles. The molecule has 0 saturated carbocycles. The van der Waals surface area contributed by atoms with Crippen LogP contribution in [0, 0.1) is 5.92 Å². The Bertz CT molecular complexity index is 1020. The summed E-state index contributed by atoms with van der Waals surface area (Å²) in [7, 11) is -3.89. The molecule has 0 bridgehead atoms. The molecule has 32 heavy (non-hydrogen) atoms. The van der Waals surface area contributed by atoms with Gasteiger partial charge >= 0.3 is 0 Å². The van der Waals surface area contributed by atoms with Crippen LogP contribution in [0.5, 0.6) is 0 Å². The molecule has 1 aliphatic heterocycles. The molecule has 0 unspecified atom stereocenters. The van der Waals surface area contributed by atoms with Crippen molar-refractivity contribution in [3.8, 4) is 0 Å². The summed E-state index contributed by atoms with van der Waals surface area (Å²) < 4.78 is 33.5. The van der Waals surface area contributed by atoms with Crippen LogP contribution in [-0.2, 0) is 14.8 Å². The van der Waals surface area contributed by atoms with Crippen molar-refractivity contribution in [3.05, 3.63) is 59.1 Å². The van der Waals surface area contributed by atoms with Crippen molar-refractivity contribution in [2.75, 3.05) is 37.6 Å². The number of sulfonamides is 1. The summed E-state index contributed by atoms with van der Waals surface area (Å²) in [6.45, 7) is 7.89. The van der Waals surface area contributed by atoms with E-state index in [4.69, 9.17) is 16.3 Å². The van der Waals surface area contributed by atoms with Gasteiger partial charge in [-0.2, -0.15) is 0 Å². The Kier molecular flexibility index (Phi) is 8.53. The first kappa shape index (κ1) is 24.5. The molecule has 9 heteroatoms. The van der Waals surface area contributed by atoms with Gasteiger partial charge in [-0.25, -0.2) is 8.42 Å². The minimum atomic E-state index is -3.89. The van der Waals surface area contributed by atoms with E-state index < -0.39 is 10.0 Å². The summed E-state index contributed by atoms with van der Waals surface area (Å²) in [5.41, 5.74) is 0.573. The van der Waals surface area contributed by atoms with E-state index in [1.54, 1.807) is 36.4 Å². The van der Waals surface area contributed by atoms with E-state index in [0.29, 0.717) is 30.7 Å². The molecule has 1 heterocycles. The maximum absolute atomic E-state index is 12.8. The zero-order chi connectivity index (χ0) is 23.1. The lowest BCUT2D eigenvalue weighted by atomic mass is 10.0. The zero-order valence-corrected chi connectivity index (χ0v) is 20.0. The normalized spacial score (nSPS) is 16.0. The molecule has 0 aliphatic carbocycles. The number of ether oxygens (including phenoxy) is 1. The van der Waals surface area contributed by atoms with Gasteiger partial charge in [-0.15, -0.1) is 0 Å². The van der Waals surface area contributed by atoms with Gasteiger partial charge in [0.05, 0.1) is 28.8 Å². The molecule has 1 amide bonds. The van der Waals surface area contributed by atoms with E-state index in [1.807, 2.05) is 0 Å². The van der Waals surface area contributed by atoms with Crippen LogP contribution in [0.25, 0.3) is 0 Å². The molecule has 1 atom stereocenters. The van der Waals surface area contributed by atoms with Gasteiger partial charge in [0, 0.05) is 31.2 Å². The molecule has 2 aromatic rings. The average molecular weight is 480 g/mol. The van der Waals surface area contributed by atoms with E-state index in [0.717, 1.165) is 19.5 Å². The number of nitrogens with one attached hydrogen (secondary N) is 2. The van der Waals surface area contributed by atoms with Gasteiger partial charge < -0.3 is 10.1 Å². The number of anilines is 1. The third-order valence-corrected chi connectivity index (χ3v) is 7.02. The first-order valence-corrected chi connectivity index (χ1v) is 12.6. The standard InChI is InChI=1S/C23H30ClN3O4S/c1-17(2)14-19(27-10-12-31-13-11-27)16-25-23(28)18-6-5-7-20(15-18)32(29,30)26-22-9-4-3-8-21(22)24/h3-9,15,17,19,26H,10-14,16H2,1-2H3,(H,25,28)/t19-/m1/s1. The van der Waals surface area contributed by atoms with E-state index in [-0.39, 0.29) is 28.1 Å². The first-order valence-electron chi connectivity index (χ1n) is 10.7. The fourth-order valence-electron chi connectivity index (χ4n) is 3.71. The number of hydrogen-bond acceptors (Lipinski definition) is 5.